The normalized spacial score (nSPS) is 14.4. The highest BCUT2D eigenvalue weighted by Gasteiger charge is 2.43. The Bertz CT molecular complexity index is 769. The number of carboxylic acid groups (broad SMARTS) is 1. The van der Waals surface area contributed by atoms with Gasteiger partial charge in [-0.2, -0.15) is 0 Å². The molecule has 1 heterocycles. The maximum Gasteiger partial charge on any atom is 0.337 e. The van der Waals surface area contributed by atoms with Gasteiger partial charge in [0.05, 0.1) is 13.2 Å². The third-order valence-corrected chi connectivity index (χ3v) is 4.56. The van der Waals surface area contributed by atoms with Gasteiger partial charge < -0.3 is 25.4 Å². The van der Waals surface area contributed by atoms with Crippen LogP contribution >= 0.6 is 0 Å². The second-order valence-corrected chi connectivity index (χ2v) is 7.51. The van der Waals surface area contributed by atoms with E-state index in [0.717, 1.165) is 5.56 Å². The lowest BCUT2D eigenvalue weighted by Crippen LogP contribution is -2.56. The average Bonchev–Trinajstić information content (AvgIpc) is 2.68. The fourth-order valence-electron chi connectivity index (χ4n) is 2.97. The summed E-state index contributed by atoms with van der Waals surface area (Å²) in [4.78, 5) is 15.9. The highest BCUT2D eigenvalue weighted by molar-refractivity contribution is 5.78. The molecule has 7 nitrogen and oxygen atoms in total. The fourth-order valence-corrected chi connectivity index (χ4v) is 2.97. The van der Waals surface area contributed by atoms with Crippen molar-refractivity contribution in [3.63, 3.8) is 0 Å². The highest BCUT2D eigenvalue weighted by atomic mass is 16.5. The van der Waals surface area contributed by atoms with E-state index in [0.29, 0.717) is 37.7 Å². The number of hydrogen-bond acceptors (Lipinski definition) is 6. The van der Waals surface area contributed by atoms with Gasteiger partial charge in [0.2, 0.25) is 0 Å². The quantitative estimate of drug-likeness (QED) is 0.467. The first-order chi connectivity index (χ1) is 13.8. The van der Waals surface area contributed by atoms with Gasteiger partial charge in [0, 0.05) is 30.4 Å². The Kier molecular flexibility index (Phi) is 8.57. The molecule has 0 radical (unpaired) electrons. The molecule has 0 aliphatic carbocycles. The Balaban J connectivity index is 1.89. The lowest BCUT2D eigenvalue weighted by Gasteiger charge is -2.30. The van der Waals surface area contributed by atoms with E-state index in [2.05, 4.69) is 4.98 Å². The third-order valence-electron chi connectivity index (χ3n) is 4.56. The molecule has 7 heteroatoms. The first-order valence-electron chi connectivity index (χ1n) is 9.72. The van der Waals surface area contributed by atoms with Gasteiger partial charge in [-0.3, -0.25) is 4.98 Å². The van der Waals surface area contributed by atoms with Crippen LogP contribution in [-0.2, 0) is 22.6 Å². The van der Waals surface area contributed by atoms with Crippen molar-refractivity contribution in [3.8, 4) is 5.75 Å². The van der Waals surface area contributed by atoms with Crippen LogP contribution in [0.4, 0.5) is 0 Å². The first-order valence-corrected chi connectivity index (χ1v) is 9.72. The van der Waals surface area contributed by atoms with Crippen molar-refractivity contribution in [2.24, 2.45) is 11.7 Å². The Labute approximate surface area is 171 Å². The molecule has 1 aromatic carbocycles. The van der Waals surface area contributed by atoms with E-state index in [1.807, 2.05) is 44.2 Å². The number of aliphatic carboxylic acids is 1. The van der Waals surface area contributed by atoms with Crippen molar-refractivity contribution in [3.05, 3.63) is 59.9 Å². The molecule has 158 valence electrons. The topological polar surface area (TPSA) is 115 Å². The minimum Gasteiger partial charge on any atom is -0.491 e. The number of nitrogens with two attached hydrogens (primary N) is 1. The summed E-state index contributed by atoms with van der Waals surface area (Å²) < 4.78 is 11.2. The molecule has 4 N–H and O–H groups in total. The van der Waals surface area contributed by atoms with Crippen molar-refractivity contribution in [2.75, 3.05) is 13.2 Å². The van der Waals surface area contributed by atoms with Crippen molar-refractivity contribution in [2.45, 2.75) is 44.9 Å². The average molecular weight is 402 g/mol. The van der Waals surface area contributed by atoms with Crippen LogP contribution < -0.4 is 10.5 Å². The second-order valence-electron chi connectivity index (χ2n) is 7.51. The lowest BCUT2D eigenvalue weighted by atomic mass is 9.84. The monoisotopic (exact) mass is 402 g/mol. The zero-order valence-corrected chi connectivity index (χ0v) is 17.0. The molecular formula is C22H30N2O5. The molecule has 2 rings (SSSR count). The van der Waals surface area contributed by atoms with Crippen LogP contribution in [0.2, 0.25) is 0 Å². The summed E-state index contributed by atoms with van der Waals surface area (Å²) in [6.45, 7) is 5.10. The number of nitrogens with zero attached hydrogens (tertiary/aromatic N) is 1. The van der Waals surface area contributed by atoms with E-state index < -0.39 is 17.6 Å². The molecule has 2 unspecified atom stereocenters. The Morgan fingerprint density at radius 3 is 2.59 bits per heavy atom. The molecule has 0 spiro atoms. The zero-order valence-electron chi connectivity index (χ0n) is 17.0. The molecule has 0 aliphatic heterocycles. The number of carboxylic acids is 1. The molecule has 0 saturated carbocycles. The molecular weight excluding hydrogens is 372 g/mol. The SMILES string of the molecule is CC(C)CC(N)C(O)(Cc1cc(OCCOCc2ccccc2)ccn1)C(=O)O. The summed E-state index contributed by atoms with van der Waals surface area (Å²) in [6.07, 6.45) is 1.71. The van der Waals surface area contributed by atoms with Gasteiger partial charge in [0.1, 0.15) is 12.4 Å². The summed E-state index contributed by atoms with van der Waals surface area (Å²) in [5, 5.41) is 20.2. The van der Waals surface area contributed by atoms with E-state index >= 15 is 0 Å². The number of pyridine rings is 1. The van der Waals surface area contributed by atoms with Gasteiger partial charge in [0.15, 0.2) is 5.60 Å². The number of rotatable bonds is 12. The van der Waals surface area contributed by atoms with Crippen LogP contribution in [0.15, 0.2) is 48.7 Å². The predicted octanol–water partition coefficient (Wildman–Crippen LogP) is 2.41. The predicted molar refractivity (Wildman–Crippen MR) is 110 cm³/mol. The molecule has 0 saturated heterocycles. The molecule has 0 fully saturated rings. The number of aromatic nitrogens is 1. The smallest absolute Gasteiger partial charge is 0.337 e. The van der Waals surface area contributed by atoms with E-state index in [1.54, 1.807) is 12.1 Å². The van der Waals surface area contributed by atoms with Crippen molar-refractivity contribution in [1.82, 2.24) is 4.98 Å². The zero-order chi connectivity index (χ0) is 21.3. The van der Waals surface area contributed by atoms with Gasteiger partial charge in [0.25, 0.3) is 0 Å². The van der Waals surface area contributed by atoms with Crippen LogP contribution in [0.25, 0.3) is 0 Å². The minimum atomic E-state index is -2.09. The number of benzene rings is 1. The Hall–Kier alpha value is -2.48. The van der Waals surface area contributed by atoms with E-state index in [-0.39, 0.29) is 12.3 Å². The maximum absolute atomic E-state index is 11.7. The summed E-state index contributed by atoms with van der Waals surface area (Å²) in [5.74, 6) is -0.661. The fraction of sp³-hybridized carbons (Fsp3) is 0.455. The van der Waals surface area contributed by atoms with E-state index in [4.69, 9.17) is 15.2 Å². The largest absolute Gasteiger partial charge is 0.491 e. The maximum atomic E-state index is 11.7. The van der Waals surface area contributed by atoms with Crippen molar-refractivity contribution < 1.29 is 24.5 Å². The number of aliphatic hydroxyl groups is 1. The molecule has 1 aromatic heterocycles. The minimum absolute atomic E-state index is 0.161. The molecule has 0 amide bonds. The van der Waals surface area contributed by atoms with Gasteiger partial charge in [-0.1, -0.05) is 44.2 Å². The molecule has 2 atom stereocenters. The van der Waals surface area contributed by atoms with Gasteiger partial charge in [-0.05, 0) is 24.0 Å². The van der Waals surface area contributed by atoms with Gasteiger partial charge in [-0.25, -0.2) is 4.79 Å². The van der Waals surface area contributed by atoms with Gasteiger partial charge >= 0.3 is 5.97 Å². The second kappa shape index (κ2) is 10.9. The molecule has 0 bridgehead atoms. The number of carbonyl (C=O) groups is 1. The van der Waals surface area contributed by atoms with Crippen molar-refractivity contribution >= 4 is 5.97 Å². The molecule has 0 aliphatic rings. The van der Waals surface area contributed by atoms with Crippen LogP contribution in [0, 0.1) is 5.92 Å². The number of hydrogen-bond donors (Lipinski definition) is 3. The van der Waals surface area contributed by atoms with Crippen LogP contribution in [0.3, 0.4) is 0 Å². The third kappa shape index (κ3) is 7.12. The van der Waals surface area contributed by atoms with Crippen LogP contribution in [-0.4, -0.2) is 46.0 Å². The molecule has 2 aromatic rings. The lowest BCUT2D eigenvalue weighted by molar-refractivity contribution is -0.161. The Morgan fingerprint density at radius 2 is 1.93 bits per heavy atom. The highest BCUT2D eigenvalue weighted by Crippen LogP contribution is 2.23. The number of ether oxygens (including phenoxy) is 2. The van der Waals surface area contributed by atoms with E-state index in [1.165, 1.54) is 6.20 Å². The van der Waals surface area contributed by atoms with Crippen molar-refractivity contribution in [1.29, 1.82) is 0 Å². The van der Waals surface area contributed by atoms with E-state index in [9.17, 15) is 15.0 Å². The first kappa shape index (κ1) is 22.8. The summed E-state index contributed by atoms with van der Waals surface area (Å²) in [6, 6.07) is 12.2. The molecule has 29 heavy (non-hydrogen) atoms. The van der Waals surface area contributed by atoms with Crippen LogP contribution in [0.5, 0.6) is 5.75 Å². The summed E-state index contributed by atoms with van der Waals surface area (Å²) in [5.41, 5.74) is 5.39. The van der Waals surface area contributed by atoms with Gasteiger partial charge in [-0.15, -0.1) is 0 Å². The Morgan fingerprint density at radius 1 is 1.21 bits per heavy atom. The van der Waals surface area contributed by atoms with Crippen LogP contribution in [0.1, 0.15) is 31.5 Å². The summed E-state index contributed by atoms with van der Waals surface area (Å²) in [7, 11) is 0. The standard InChI is InChI=1S/C22H30N2O5/c1-16(2)12-20(23)22(27,21(25)26)14-18-13-19(8-9-24-18)29-11-10-28-15-17-6-4-3-5-7-17/h3-9,13,16,20,27H,10-12,14-15,23H2,1-2H3,(H,25,26). The summed E-state index contributed by atoms with van der Waals surface area (Å²) >= 11 is 0.